The Labute approximate surface area is 139 Å². The molecule has 5 nitrogen and oxygen atoms in total. The molecule has 1 aromatic carbocycles. The third-order valence-corrected chi connectivity index (χ3v) is 3.81. The number of halogens is 1. The van der Waals surface area contributed by atoms with Crippen LogP contribution in [0.15, 0.2) is 12.1 Å². The van der Waals surface area contributed by atoms with E-state index in [1.165, 1.54) is 20.6 Å². The minimum Gasteiger partial charge on any atom is -0.496 e. The second-order valence-electron chi connectivity index (χ2n) is 4.41. The van der Waals surface area contributed by atoms with Crippen LogP contribution in [0.4, 0.5) is 0 Å². The molecule has 0 bridgehead atoms. The normalized spacial score (nSPS) is 10.1. The van der Waals surface area contributed by atoms with Crippen molar-refractivity contribution in [3.05, 3.63) is 17.7 Å². The van der Waals surface area contributed by atoms with Gasteiger partial charge in [0.1, 0.15) is 5.75 Å². The fraction of sp³-hybridized carbons (Fsp3) is 0.533. The SMILES string of the molecule is COc1cc(OC)c(C(=O)NCCCCCI)cc1OC. The standard InChI is InChI=1S/C15H22INO4/c1-19-12-10-14(21-3)13(20-2)9-11(12)15(18)17-8-6-4-5-7-16/h9-10H,4-8H2,1-3H3,(H,17,18). The third kappa shape index (κ3) is 5.26. The van der Waals surface area contributed by atoms with E-state index < -0.39 is 0 Å². The van der Waals surface area contributed by atoms with Gasteiger partial charge in [0, 0.05) is 18.7 Å². The molecule has 6 heteroatoms. The van der Waals surface area contributed by atoms with Crippen molar-refractivity contribution < 1.29 is 19.0 Å². The molecule has 1 amide bonds. The highest BCUT2D eigenvalue weighted by atomic mass is 127. The lowest BCUT2D eigenvalue weighted by Crippen LogP contribution is -2.25. The highest BCUT2D eigenvalue weighted by Crippen LogP contribution is 2.34. The monoisotopic (exact) mass is 407 g/mol. The summed E-state index contributed by atoms with van der Waals surface area (Å²) in [5.74, 6) is 1.35. The van der Waals surface area contributed by atoms with Gasteiger partial charge in [-0.05, 0) is 17.3 Å². The topological polar surface area (TPSA) is 56.8 Å². The maximum absolute atomic E-state index is 12.2. The molecule has 118 valence electrons. The van der Waals surface area contributed by atoms with Crippen LogP contribution in [0.1, 0.15) is 29.6 Å². The Morgan fingerprint density at radius 1 is 1.00 bits per heavy atom. The van der Waals surface area contributed by atoms with E-state index in [0.29, 0.717) is 29.4 Å². The lowest BCUT2D eigenvalue weighted by molar-refractivity contribution is 0.0949. The summed E-state index contributed by atoms with van der Waals surface area (Å²) in [4.78, 5) is 12.2. The van der Waals surface area contributed by atoms with Crippen molar-refractivity contribution in [2.75, 3.05) is 32.3 Å². The van der Waals surface area contributed by atoms with E-state index in [0.717, 1.165) is 17.3 Å². The maximum Gasteiger partial charge on any atom is 0.255 e. The molecule has 0 aliphatic heterocycles. The van der Waals surface area contributed by atoms with Crippen LogP contribution in [-0.4, -0.2) is 38.2 Å². The van der Waals surface area contributed by atoms with E-state index in [9.17, 15) is 4.79 Å². The largest absolute Gasteiger partial charge is 0.496 e. The van der Waals surface area contributed by atoms with Gasteiger partial charge in [-0.1, -0.05) is 29.0 Å². The zero-order chi connectivity index (χ0) is 15.7. The molecule has 0 aliphatic carbocycles. The first-order chi connectivity index (χ1) is 10.2. The van der Waals surface area contributed by atoms with Crippen molar-refractivity contribution in [3.63, 3.8) is 0 Å². The van der Waals surface area contributed by atoms with E-state index in [1.54, 1.807) is 19.2 Å². The Balaban J connectivity index is 2.77. The summed E-state index contributed by atoms with van der Waals surface area (Å²) in [5.41, 5.74) is 0.448. The van der Waals surface area contributed by atoms with Crippen molar-refractivity contribution >= 4 is 28.5 Å². The van der Waals surface area contributed by atoms with E-state index in [-0.39, 0.29) is 5.91 Å². The molecule has 0 saturated carbocycles. The smallest absolute Gasteiger partial charge is 0.255 e. The maximum atomic E-state index is 12.2. The number of carbonyl (C=O) groups is 1. The highest BCUT2D eigenvalue weighted by molar-refractivity contribution is 14.1. The zero-order valence-electron chi connectivity index (χ0n) is 12.7. The molecule has 21 heavy (non-hydrogen) atoms. The predicted molar refractivity (Wildman–Crippen MR) is 91.2 cm³/mol. The van der Waals surface area contributed by atoms with E-state index >= 15 is 0 Å². The Bertz CT molecular complexity index is 465. The van der Waals surface area contributed by atoms with Gasteiger partial charge in [-0.2, -0.15) is 0 Å². The van der Waals surface area contributed by atoms with Gasteiger partial charge in [-0.25, -0.2) is 0 Å². The molecular formula is C15H22INO4. The first kappa shape index (κ1) is 17.9. The van der Waals surface area contributed by atoms with E-state index in [1.807, 2.05) is 0 Å². The number of carbonyl (C=O) groups excluding carboxylic acids is 1. The number of amides is 1. The summed E-state index contributed by atoms with van der Waals surface area (Å²) in [6, 6.07) is 3.29. The van der Waals surface area contributed by atoms with Gasteiger partial charge in [0.25, 0.3) is 5.91 Å². The van der Waals surface area contributed by atoms with E-state index in [2.05, 4.69) is 27.9 Å². The molecule has 0 fully saturated rings. The lowest BCUT2D eigenvalue weighted by Gasteiger charge is -2.14. The first-order valence-corrected chi connectivity index (χ1v) is 8.34. The van der Waals surface area contributed by atoms with Crippen LogP contribution in [0, 0.1) is 0 Å². The lowest BCUT2D eigenvalue weighted by atomic mass is 10.1. The third-order valence-electron chi connectivity index (χ3n) is 3.05. The van der Waals surface area contributed by atoms with Gasteiger partial charge in [0.05, 0.1) is 26.9 Å². The molecule has 1 N–H and O–H groups in total. The number of benzene rings is 1. The summed E-state index contributed by atoms with van der Waals surface area (Å²) in [6.45, 7) is 0.660. The molecule has 0 aliphatic rings. The molecule has 0 atom stereocenters. The van der Waals surface area contributed by atoms with Crippen molar-refractivity contribution in [2.45, 2.75) is 19.3 Å². The molecule has 0 unspecified atom stereocenters. The van der Waals surface area contributed by atoms with Crippen molar-refractivity contribution in [2.24, 2.45) is 0 Å². The fourth-order valence-electron chi connectivity index (χ4n) is 1.90. The highest BCUT2D eigenvalue weighted by Gasteiger charge is 2.17. The minimum absolute atomic E-state index is 0.165. The number of ether oxygens (including phenoxy) is 3. The summed E-state index contributed by atoms with van der Waals surface area (Å²) in [6.07, 6.45) is 3.27. The van der Waals surface area contributed by atoms with Crippen LogP contribution in [0.3, 0.4) is 0 Å². The molecule has 0 radical (unpaired) electrons. The summed E-state index contributed by atoms with van der Waals surface area (Å²) in [5, 5.41) is 2.90. The molecule has 0 spiro atoms. The number of methoxy groups -OCH3 is 3. The van der Waals surface area contributed by atoms with Gasteiger partial charge < -0.3 is 19.5 Å². The predicted octanol–water partition coefficient (Wildman–Crippen LogP) is 3.05. The molecule has 0 aromatic heterocycles. The number of hydrogen-bond acceptors (Lipinski definition) is 4. The molecule has 1 rings (SSSR count). The van der Waals surface area contributed by atoms with Crippen LogP contribution < -0.4 is 19.5 Å². The summed E-state index contributed by atoms with van der Waals surface area (Å²) >= 11 is 2.36. The second-order valence-corrected chi connectivity index (χ2v) is 5.49. The minimum atomic E-state index is -0.165. The van der Waals surface area contributed by atoms with Gasteiger partial charge in [0.2, 0.25) is 0 Å². The Morgan fingerprint density at radius 2 is 1.62 bits per heavy atom. The molecule has 1 aromatic rings. The van der Waals surface area contributed by atoms with Crippen LogP contribution in [-0.2, 0) is 0 Å². The number of hydrogen-bond donors (Lipinski definition) is 1. The van der Waals surface area contributed by atoms with Crippen molar-refractivity contribution in [3.8, 4) is 17.2 Å². The van der Waals surface area contributed by atoms with Gasteiger partial charge in [-0.15, -0.1) is 0 Å². The Morgan fingerprint density at radius 3 is 2.19 bits per heavy atom. The molecule has 0 heterocycles. The second kappa shape index (κ2) is 9.70. The number of alkyl halides is 1. The van der Waals surface area contributed by atoms with Gasteiger partial charge in [-0.3, -0.25) is 4.79 Å². The zero-order valence-corrected chi connectivity index (χ0v) is 14.9. The Hall–Kier alpha value is -1.18. The van der Waals surface area contributed by atoms with Crippen LogP contribution in [0.5, 0.6) is 17.2 Å². The average Bonchev–Trinajstić information content (AvgIpc) is 2.52. The Kier molecular flexibility index (Phi) is 8.26. The van der Waals surface area contributed by atoms with E-state index in [4.69, 9.17) is 14.2 Å². The molecule has 0 saturated heterocycles. The number of unbranched alkanes of at least 4 members (excludes halogenated alkanes) is 2. The van der Waals surface area contributed by atoms with Crippen LogP contribution in [0.25, 0.3) is 0 Å². The van der Waals surface area contributed by atoms with Crippen LogP contribution >= 0.6 is 22.6 Å². The quantitative estimate of drug-likeness (QED) is 0.389. The number of rotatable bonds is 9. The van der Waals surface area contributed by atoms with Crippen molar-refractivity contribution in [1.82, 2.24) is 5.32 Å². The molecular weight excluding hydrogens is 385 g/mol. The van der Waals surface area contributed by atoms with Gasteiger partial charge >= 0.3 is 0 Å². The first-order valence-electron chi connectivity index (χ1n) is 6.82. The van der Waals surface area contributed by atoms with Crippen molar-refractivity contribution in [1.29, 1.82) is 0 Å². The fourth-order valence-corrected chi connectivity index (χ4v) is 2.44. The number of nitrogens with one attached hydrogen (secondary N) is 1. The summed E-state index contributed by atoms with van der Waals surface area (Å²) < 4.78 is 16.8. The van der Waals surface area contributed by atoms with Crippen LogP contribution in [0.2, 0.25) is 0 Å². The summed E-state index contributed by atoms with van der Waals surface area (Å²) in [7, 11) is 4.61. The average molecular weight is 407 g/mol. The van der Waals surface area contributed by atoms with Gasteiger partial charge in [0.15, 0.2) is 11.5 Å².